The predicted octanol–water partition coefficient (Wildman–Crippen LogP) is 2.59. The molecule has 1 saturated carbocycles. The van der Waals surface area contributed by atoms with Gasteiger partial charge < -0.3 is 14.6 Å². The molecule has 0 heterocycles. The van der Waals surface area contributed by atoms with E-state index in [1.54, 1.807) is 0 Å². The van der Waals surface area contributed by atoms with Crippen molar-refractivity contribution in [2.75, 3.05) is 26.4 Å². The predicted molar refractivity (Wildman–Crippen MR) is 82.6 cm³/mol. The Bertz CT molecular complexity index is 294. The van der Waals surface area contributed by atoms with E-state index in [1.165, 1.54) is 0 Å². The third kappa shape index (κ3) is 7.25. The largest absolute Gasteiger partial charge is 0.480 e. The van der Waals surface area contributed by atoms with E-state index in [-0.39, 0.29) is 0 Å². The quantitative estimate of drug-likeness (QED) is 0.483. The minimum atomic E-state index is -0.776. The topological polar surface area (TPSA) is 67.8 Å². The van der Waals surface area contributed by atoms with Crippen LogP contribution in [0.2, 0.25) is 0 Å². The van der Waals surface area contributed by atoms with E-state index in [9.17, 15) is 9.90 Å². The lowest BCUT2D eigenvalue weighted by Crippen LogP contribution is -2.52. The summed E-state index contributed by atoms with van der Waals surface area (Å²) in [7, 11) is 0. The highest BCUT2D eigenvalue weighted by Gasteiger charge is 2.40. The van der Waals surface area contributed by atoms with Gasteiger partial charge in [-0.25, -0.2) is 0 Å². The number of carboxylic acids is 1. The van der Waals surface area contributed by atoms with Crippen molar-refractivity contribution in [2.45, 2.75) is 70.4 Å². The minimum Gasteiger partial charge on any atom is -0.480 e. The van der Waals surface area contributed by atoms with Gasteiger partial charge in [0.05, 0.1) is 13.2 Å². The summed E-state index contributed by atoms with van der Waals surface area (Å²) in [5, 5.41) is 12.8. The van der Waals surface area contributed by atoms with E-state index in [0.29, 0.717) is 38.7 Å². The summed E-state index contributed by atoms with van der Waals surface area (Å²) in [6.45, 7) is 6.68. The first-order chi connectivity index (χ1) is 10.1. The summed E-state index contributed by atoms with van der Waals surface area (Å²) in [5.74, 6) is -0.736. The fourth-order valence-corrected chi connectivity index (χ4v) is 2.33. The van der Waals surface area contributed by atoms with E-state index < -0.39 is 11.5 Å². The van der Waals surface area contributed by atoms with Gasteiger partial charge >= 0.3 is 5.97 Å². The third-order valence-electron chi connectivity index (χ3n) is 3.98. The monoisotopic (exact) mass is 301 g/mol. The van der Waals surface area contributed by atoms with Gasteiger partial charge in [0.15, 0.2) is 0 Å². The molecule has 1 atom stereocenters. The van der Waals surface area contributed by atoms with Crippen LogP contribution in [0.5, 0.6) is 0 Å². The molecule has 0 aromatic heterocycles. The molecule has 124 valence electrons. The van der Waals surface area contributed by atoms with Gasteiger partial charge in [0, 0.05) is 19.3 Å². The van der Waals surface area contributed by atoms with Crippen molar-refractivity contribution in [1.82, 2.24) is 5.32 Å². The molecule has 5 heteroatoms. The molecule has 0 saturated heterocycles. The van der Waals surface area contributed by atoms with E-state index in [0.717, 1.165) is 38.7 Å². The molecule has 0 radical (unpaired) electrons. The number of rotatable bonds is 14. The van der Waals surface area contributed by atoms with Crippen molar-refractivity contribution in [3.8, 4) is 0 Å². The Morgan fingerprint density at radius 1 is 1.14 bits per heavy atom. The first-order valence-electron chi connectivity index (χ1n) is 8.31. The summed E-state index contributed by atoms with van der Waals surface area (Å²) in [4.78, 5) is 11.6. The van der Waals surface area contributed by atoms with Crippen LogP contribution < -0.4 is 5.32 Å². The average molecular weight is 301 g/mol. The van der Waals surface area contributed by atoms with Gasteiger partial charge in [0.2, 0.25) is 0 Å². The van der Waals surface area contributed by atoms with Crippen LogP contribution in [0.15, 0.2) is 0 Å². The number of unbranched alkanes of at least 4 members (excludes halogenated alkanes) is 1. The lowest BCUT2D eigenvalue weighted by atomic mass is 9.90. The molecule has 0 aliphatic heterocycles. The van der Waals surface area contributed by atoms with Crippen LogP contribution in [0, 0.1) is 0 Å². The number of aliphatic carboxylic acids is 1. The Morgan fingerprint density at radius 3 is 2.24 bits per heavy atom. The Kier molecular flexibility index (Phi) is 8.88. The summed E-state index contributed by atoms with van der Waals surface area (Å²) < 4.78 is 10.9. The number of hydrogen-bond donors (Lipinski definition) is 2. The molecule has 1 aliphatic carbocycles. The van der Waals surface area contributed by atoms with E-state index >= 15 is 0 Å². The van der Waals surface area contributed by atoms with Crippen LogP contribution in [0.25, 0.3) is 0 Å². The van der Waals surface area contributed by atoms with Gasteiger partial charge in [0.25, 0.3) is 0 Å². The van der Waals surface area contributed by atoms with Crippen LogP contribution in [0.4, 0.5) is 0 Å². The van der Waals surface area contributed by atoms with Gasteiger partial charge in [-0.2, -0.15) is 0 Å². The fraction of sp³-hybridized carbons (Fsp3) is 0.938. The van der Waals surface area contributed by atoms with Gasteiger partial charge in [-0.3, -0.25) is 10.1 Å². The first kappa shape index (κ1) is 18.4. The molecule has 1 unspecified atom stereocenters. The molecule has 0 aromatic rings. The molecule has 0 bridgehead atoms. The third-order valence-corrected chi connectivity index (χ3v) is 3.98. The highest BCUT2D eigenvalue weighted by Crippen LogP contribution is 2.27. The van der Waals surface area contributed by atoms with Gasteiger partial charge in [0.1, 0.15) is 5.54 Å². The smallest absolute Gasteiger partial charge is 0.323 e. The SMILES string of the molecule is CCCCOCCOCCCC(CC)(NC1CC1)C(=O)O. The van der Waals surface area contributed by atoms with Crippen LogP contribution in [-0.4, -0.2) is 49.1 Å². The molecule has 21 heavy (non-hydrogen) atoms. The fourth-order valence-electron chi connectivity index (χ4n) is 2.33. The highest BCUT2D eigenvalue weighted by molar-refractivity contribution is 5.78. The maximum absolute atomic E-state index is 11.6. The van der Waals surface area contributed by atoms with E-state index in [1.807, 2.05) is 6.92 Å². The molecular formula is C16H31NO4. The van der Waals surface area contributed by atoms with Crippen LogP contribution in [0.1, 0.15) is 58.8 Å². The van der Waals surface area contributed by atoms with Crippen molar-refractivity contribution in [3.05, 3.63) is 0 Å². The Balaban J connectivity index is 2.11. The maximum Gasteiger partial charge on any atom is 0.323 e. The number of carbonyl (C=O) groups is 1. The van der Waals surface area contributed by atoms with Gasteiger partial charge in [-0.1, -0.05) is 20.3 Å². The van der Waals surface area contributed by atoms with Crippen molar-refractivity contribution < 1.29 is 19.4 Å². The molecular weight excluding hydrogens is 270 g/mol. The molecule has 0 spiro atoms. The standard InChI is InChI=1S/C16H31NO4/c1-3-5-10-20-12-13-21-11-6-9-16(4-2,15(18)19)17-14-7-8-14/h14,17H,3-13H2,1-2H3,(H,18,19). The molecule has 1 fully saturated rings. The normalized spacial score (nSPS) is 17.6. The van der Waals surface area contributed by atoms with Crippen molar-refractivity contribution in [2.24, 2.45) is 0 Å². The second-order valence-corrected chi connectivity index (χ2v) is 5.84. The molecule has 2 N–H and O–H groups in total. The maximum atomic E-state index is 11.6. The molecule has 1 aliphatic rings. The Labute approximate surface area is 128 Å². The van der Waals surface area contributed by atoms with E-state index in [2.05, 4.69) is 12.2 Å². The van der Waals surface area contributed by atoms with Gasteiger partial charge in [-0.15, -0.1) is 0 Å². The minimum absolute atomic E-state index is 0.397. The second-order valence-electron chi connectivity index (χ2n) is 5.84. The number of nitrogens with one attached hydrogen (secondary N) is 1. The zero-order valence-electron chi connectivity index (χ0n) is 13.5. The summed E-state index contributed by atoms with van der Waals surface area (Å²) in [5.41, 5.74) is -0.776. The zero-order valence-corrected chi connectivity index (χ0v) is 13.5. The number of carboxylic acid groups (broad SMARTS) is 1. The average Bonchev–Trinajstić information content (AvgIpc) is 3.28. The van der Waals surface area contributed by atoms with Crippen molar-refractivity contribution in [3.63, 3.8) is 0 Å². The van der Waals surface area contributed by atoms with Crippen LogP contribution in [-0.2, 0) is 14.3 Å². The van der Waals surface area contributed by atoms with Crippen molar-refractivity contribution in [1.29, 1.82) is 0 Å². The lowest BCUT2D eigenvalue weighted by Gasteiger charge is -2.29. The second kappa shape index (κ2) is 10.1. The molecule has 0 aromatic carbocycles. The lowest BCUT2D eigenvalue weighted by molar-refractivity contribution is -0.145. The van der Waals surface area contributed by atoms with Gasteiger partial charge in [-0.05, 0) is 38.5 Å². The summed E-state index contributed by atoms with van der Waals surface area (Å²) in [6, 6.07) is 0.397. The molecule has 5 nitrogen and oxygen atoms in total. The van der Waals surface area contributed by atoms with Crippen LogP contribution in [0.3, 0.4) is 0 Å². The Morgan fingerprint density at radius 2 is 1.76 bits per heavy atom. The molecule has 1 rings (SSSR count). The van der Waals surface area contributed by atoms with Crippen molar-refractivity contribution >= 4 is 5.97 Å². The number of hydrogen-bond acceptors (Lipinski definition) is 4. The zero-order chi connectivity index (χ0) is 15.6. The highest BCUT2D eigenvalue weighted by atomic mass is 16.5. The van der Waals surface area contributed by atoms with Crippen LogP contribution >= 0.6 is 0 Å². The first-order valence-corrected chi connectivity index (χ1v) is 8.31. The number of ether oxygens (including phenoxy) is 2. The summed E-state index contributed by atoms with van der Waals surface area (Å²) >= 11 is 0. The molecule has 0 amide bonds. The summed E-state index contributed by atoms with van der Waals surface area (Å²) in [6.07, 6.45) is 6.41. The Hall–Kier alpha value is -0.650. The van der Waals surface area contributed by atoms with E-state index in [4.69, 9.17) is 9.47 Å².